The summed E-state index contributed by atoms with van der Waals surface area (Å²) in [7, 11) is 0. The van der Waals surface area contributed by atoms with E-state index < -0.39 is 0 Å². The van der Waals surface area contributed by atoms with Gasteiger partial charge in [-0.2, -0.15) is 0 Å². The lowest BCUT2D eigenvalue weighted by atomic mass is 10.3. The second kappa shape index (κ2) is 4.91. The summed E-state index contributed by atoms with van der Waals surface area (Å²) < 4.78 is 1.55. The average Bonchev–Trinajstić information content (AvgIpc) is 2.74. The van der Waals surface area contributed by atoms with E-state index in [1.54, 1.807) is 16.8 Å². The first-order valence-electron chi connectivity index (χ1n) is 4.42. The highest BCUT2D eigenvalue weighted by atomic mass is 35.5. The van der Waals surface area contributed by atoms with Crippen LogP contribution >= 0.6 is 23.8 Å². The molecular weight excluding hydrogens is 246 g/mol. The van der Waals surface area contributed by atoms with Crippen molar-refractivity contribution in [2.45, 2.75) is 0 Å². The number of nitrogens with zero attached hydrogens (tertiary/aromatic N) is 3. The van der Waals surface area contributed by atoms with E-state index in [0.717, 1.165) is 5.69 Å². The van der Waals surface area contributed by atoms with Crippen LogP contribution in [0.4, 0.5) is 5.69 Å². The molecule has 1 heterocycles. The largest absolute Gasteiger partial charge is 0.331 e. The summed E-state index contributed by atoms with van der Waals surface area (Å²) >= 11 is 10.9. The SMILES string of the molecule is S=C(Nc1ccc(Cl)cc1)Nn1cnnc1. The van der Waals surface area contributed by atoms with E-state index in [9.17, 15) is 0 Å². The van der Waals surface area contributed by atoms with Crippen LogP contribution in [-0.2, 0) is 0 Å². The van der Waals surface area contributed by atoms with Gasteiger partial charge in [-0.3, -0.25) is 5.43 Å². The summed E-state index contributed by atoms with van der Waals surface area (Å²) in [5.74, 6) is 0. The zero-order valence-electron chi connectivity index (χ0n) is 8.09. The highest BCUT2D eigenvalue weighted by molar-refractivity contribution is 7.80. The van der Waals surface area contributed by atoms with Crippen molar-refractivity contribution in [2.75, 3.05) is 10.7 Å². The van der Waals surface area contributed by atoms with Gasteiger partial charge in [-0.05, 0) is 36.5 Å². The highest BCUT2D eigenvalue weighted by Crippen LogP contribution is 2.13. The summed E-state index contributed by atoms with van der Waals surface area (Å²) in [6, 6.07) is 7.24. The molecule has 1 aromatic heterocycles. The number of hydrogen-bond acceptors (Lipinski definition) is 3. The quantitative estimate of drug-likeness (QED) is 0.801. The first-order chi connectivity index (χ1) is 7.74. The maximum absolute atomic E-state index is 5.77. The van der Waals surface area contributed by atoms with E-state index in [0.29, 0.717) is 10.1 Å². The Kier molecular flexibility index (Phi) is 3.33. The lowest BCUT2D eigenvalue weighted by Gasteiger charge is -2.09. The molecule has 7 heteroatoms. The van der Waals surface area contributed by atoms with Crippen LogP contribution in [0.2, 0.25) is 5.02 Å². The van der Waals surface area contributed by atoms with Gasteiger partial charge < -0.3 is 5.32 Å². The van der Waals surface area contributed by atoms with Crippen molar-refractivity contribution in [3.63, 3.8) is 0 Å². The van der Waals surface area contributed by atoms with Gasteiger partial charge in [0.1, 0.15) is 12.7 Å². The Hall–Kier alpha value is -1.66. The van der Waals surface area contributed by atoms with Gasteiger partial charge in [0.25, 0.3) is 0 Å². The molecule has 0 unspecified atom stereocenters. The minimum Gasteiger partial charge on any atom is -0.331 e. The number of hydrogen-bond donors (Lipinski definition) is 2. The normalized spacial score (nSPS) is 9.81. The molecule has 0 aliphatic carbocycles. The number of aromatic nitrogens is 3. The van der Waals surface area contributed by atoms with Gasteiger partial charge in [0, 0.05) is 10.7 Å². The fraction of sp³-hybridized carbons (Fsp3) is 0. The molecule has 2 aromatic rings. The van der Waals surface area contributed by atoms with Crippen LogP contribution in [0.25, 0.3) is 0 Å². The molecule has 0 saturated carbocycles. The summed E-state index contributed by atoms with van der Waals surface area (Å²) in [5.41, 5.74) is 3.72. The first-order valence-corrected chi connectivity index (χ1v) is 5.21. The molecular formula is C9H8ClN5S. The van der Waals surface area contributed by atoms with Crippen LogP contribution in [0.1, 0.15) is 0 Å². The van der Waals surface area contributed by atoms with Gasteiger partial charge in [-0.15, -0.1) is 10.2 Å². The molecule has 0 spiro atoms. The number of benzene rings is 1. The predicted octanol–water partition coefficient (Wildman–Crippen LogP) is 1.87. The molecule has 0 atom stereocenters. The lowest BCUT2D eigenvalue weighted by molar-refractivity contribution is 0.974. The van der Waals surface area contributed by atoms with Crippen LogP contribution < -0.4 is 10.7 Å². The van der Waals surface area contributed by atoms with Crippen molar-refractivity contribution in [3.8, 4) is 0 Å². The average molecular weight is 254 g/mol. The molecule has 0 amide bonds. The Bertz CT molecular complexity index is 467. The van der Waals surface area contributed by atoms with Crippen LogP contribution in [0.5, 0.6) is 0 Å². The molecule has 5 nitrogen and oxygen atoms in total. The third kappa shape index (κ3) is 2.91. The third-order valence-corrected chi connectivity index (χ3v) is 2.20. The molecule has 0 radical (unpaired) electrons. The van der Waals surface area contributed by atoms with Gasteiger partial charge in [0.2, 0.25) is 0 Å². The summed E-state index contributed by atoms with van der Waals surface area (Å²) in [6.07, 6.45) is 3.02. The zero-order chi connectivity index (χ0) is 11.4. The number of thiocarbonyl (C=S) groups is 1. The molecule has 0 aliphatic rings. The molecule has 82 valence electrons. The second-order valence-electron chi connectivity index (χ2n) is 2.94. The fourth-order valence-corrected chi connectivity index (χ4v) is 1.42. The maximum atomic E-state index is 5.77. The van der Waals surface area contributed by atoms with E-state index in [1.807, 2.05) is 12.1 Å². The topological polar surface area (TPSA) is 54.8 Å². The van der Waals surface area contributed by atoms with E-state index in [-0.39, 0.29) is 0 Å². The molecule has 2 N–H and O–H groups in total. The Morgan fingerprint density at radius 2 is 1.81 bits per heavy atom. The van der Waals surface area contributed by atoms with Crippen LogP contribution in [0, 0.1) is 0 Å². The highest BCUT2D eigenvalue weighted by Gasteiger charge is 1.97. The number of halogens is 1. The van der Waals surface area contributed by atoms with E-state index >= 15 is 0 Å². The Morgan fingerprint density at radius 1 is 1.19 bits per heavy atom. The van der Waals surface area contributed by atoms with Crippen LogP contribution in [0.3, 0.4) is 0 Å². The van der Waals surface area contributed by atoms with Crippen molar-refractivity contribution >= 4 is 34.6 Å². The lowest BCUT2D eigenvalue weighted by Crippen LogP contribution is -2.26. The second-order valence-corrected chi connectivity index (χ2v) is 3.79. The summed E-state index contributed by atoms with van der Waals surface area (Å²) in [5, 5.41) is 11.4. The third-order valence-electron chi connectivity index (χ3n) is 1.75. The maximum Gasteiger partial charge on any atom is 0.190 e. The Balaban J connectivity index is 1.95. The zero-order valence-corrected chi connectivity index (χ0v) is 9.66. The number of rotatable bonds is 2. The molecule has 1 aromatic carbocycles. The molecule has 2 rings (SSSR count). The predicted molar refractivity (Wildman–Crippen MR) is 67.1 cm³/mol. The van der Waals surface area contributed by atoms with E-state index in [1.165, 1.54) is 12.7 Å². The van der Waals surface area contributed by atoms with Gasteiger partial charge in [-0.1, -0.05) is 11.6 Å². The molecule has 0 saturated heterocycles. The number of anilines is 1. The smallest absolute Gasteiger partial charge is 0.190 e. The standard InChI is InChI=1S/C9H8ClN5S/c10-7-1-3-8(4-2-7)13-9(16)14-15-5-11-12-6-15/h1-6H,(H2,13,14,16). The van der Waals surface area contributed by atoms with E-state index in [4.69, 9.17) is 23.8 Å². The van der Waals surface area contributed by atoms with Crippen molar-refractivity contribution in [1.29, 1.82) is 0 Å². The Morgan fingerprint density at radius 3 is 2.44 bits per heavy atom. The molecule has 0 bridgehead atoms. The fourth-order valence-electron chi connectivity index (χ4n) is 1.07. The molecule has 16 heavy (non-hydrogen) atoms. The van der Waals surface area contributed by atoms with Gasteiger partial charge in [-0.25, -0.2) is 4.68 Å². The van der Waals surface area contributed by atoms with Gasteiger partial charge >= 0.3 is 0 Å². The minimum atomic E-state index is 0.446. The summed E-state index contributed by atoms with van der Waals surface area (Å²) in [6.45, 7) is 0. The van der Waals surface area contributed by atoms with E-state index in [2.05, 4.69) is 20.9 Å². The van der Waals surface area contributed by atoms with Crippen LogP contribution in [0.15, 0.2) is 36.9 Å². The number of nitrogens with one attached hydrogen (secondary N) is 2. The Labute approximate surface area is 102 Å². The molecule has 0 aliphatic heterocycles. The monoisotopic (exact) mass is 253 g/mol. The van der Waals surface area contributed by atoms with Crippen molar-refractivity contribution in [1.82, 2.24) is 14.9 Å². The summed E-state index contributed by atoms with van der Waals surface area (Å²) in [4.78, 5) is 0. The molecule has 0 fully saturated rings. The van der Waals surface area contributed by atoms with Gasteiger partial charge in [0.15, 0.2) is 5.11 Å². The van der Waals surface area contributed by atoms with Crippen molar-refractivity contribution < 1.29 is 0 Å². The minimum absolute atomic E-state index is 0.446. The van der Waals surface area contributed by atoms with Crippen molar-refractivity contribution in [2.24, 2.45) is 0 Å². The van der Waals surface area contributed by atoms with Crippen LogP contribution in [-0.4, -0.2) is 20.0 Å². The van der Waals surface area contributed by atoms with Gasteiger partial charge in [0.05, 0.1) is 0 Å². The first kappa shape index (κ1) is 10.8. The van der Waals surface area contributed by atoms with Crippen molar-refractivity contribution in [3.05, 3.63) is 41.9 Å².